The van der Waals surface area contributed by atoms with E-state index in [2.05, 4.69) is 9.72 Å². The third kappa shape index (κ3) is 3.78. The van der Waals surface area contributed by atoms with Crippen molar-refractivity contribution >= 4 is 18.6 Å². The minimum atomic E-state index is -1.31. The van der Waals surface area contributed by atoms with Crippen molar-refractivity contribution in [3.63, 3.8) is 0 Å². The summed E-state index contributed by atoms with van der Waals surface area (Å²) in [5.41, 5.74) is -1.62. The van der Waals surface area contributed by atoms with Crippen molar-refractivity contribution in [2.24, 2.45) is 0 Å². The van der Waals surface area contributed by atoms with Gasteiger partial charge in [0.15, 0.2) is 0 Å². The first-order chi connectivity index (χ1) is 9.08. The lowest BCUT2D eigenvalue weighted by Gasteiger charge is -2.38. The van der Waals surface area contributed by atoms with Crippen LogP contribution >= 0.6 is 0 Å². The molecule has 0 fully saturated rings. The summed E-state index contributed by atoms with van der Waals surface area (Å²) in [6.07, 6.45) is 2.72. The standard InChI is InChI=1S/C13H20BNO5/c1-12(2,17)13(3,4)20-14(18)10-6-9(7-15-8-10)11(16)19-5/h6-8,17-18H,1-5H3. The van der Waals surface area contributed by atoms with Crippen LogP contribution in [0.1, 0.15) is 38.1 Å². The molecule has 7 heteroatoms. The molecule has 0 aromatic carbocycles. The van der Waals surface area contributed by atoms with Crippen LogP contribution < -0.4 is 5.46 Å². The number of hydrogen-bond donors (Lipinski definition) is 2. The Morgan fingerprint density at radius 1 is 1.30 bits per heavy atom. The van der Waals surface area contributed by atoms with E-state index in [4.69, 9.17) is 4.65 Å². The molecule has 0 aliphatic rings. The van der Waals surface area contributed by atoms with Crippen LogP contribution in [-0.2, 0) is 9.39 Å². The number of methoxy groups -OCH3 is 1. The topological polar surface area (TPSA) is 88.9 Å². The van der Waals surface area contributed by atoms with E-state index in [1.165, 1.54) is 25.6 Å². The van der Waals surface area contributed by atoms with Crippen LogP contribution in [0.15, 0.2) is 18.5 Å². The lowest BCUT2D eigenvalue weighted by atomic mass is 9.77. The Kier molecular flexibility index (Phi) is 4.91. The number of carbonyl (C=O) groups is 1. The number of aromatic nitrogens is 1. The first-order valence-corrected chi connectivity index (χ1v) is 6.20. The highest BCUT2D eigenvalue weighted by Gasteiger charge is 2.39. The average Bonchev–Trinajstić information content (AvgIpc) is 2.36. The molecule has 0 saturated heterocycles. The number of aliphatic hydroxyl groups is 1. The minimum Gasteiger partial charge on any atom is -0.465 e. The summed E-state index contributed by atoms with van der Waals surface area (Å²) in [5.74, 6) is -0.548. The summed E-state index contributed by atoms with van der Waals surface area (Å²) >= 11 is 0. The molecule has 1 aromatic heterocycles. The Bertz CT molecular complexity index is 484. The highest BCUT2D eigenvalue weighted by molar-refractivity contribution is 6.60. The van der Waals surface area contributed by atoms with E-state index < -0.39 is 24.3 Å². The maximum atomic E-state index is 11.4. The third-order valence-electron chi connectivity index (χ3n) is 3.35. The maximum absolute atomic E-state index is 11.4. The highest BCUT2D eigenvalue weighted by Crippen LogP contribution is 2.25. The minimum absolute atomic E-state index is 0.216. The van der Waals surface area contributed by atoms with Gasteiger partial charge >= 0.3 is 13.1 Å². The van der Waals surface area contributed by atoms with Crippen molar-refractivity contribution in [2.75, 3.05) is 7.11 Å². The Hall–Kier alpha value is -1.44. The van der Waals surface area contributed by atoms with E-state index in [-0.39, 0.29) is 5.56 Å². The molecular weight excluding hydrogens is 261 g/mol. The van der Waals surface area contributed by atoms with Gasteiger partial charge in [-0.3, -0.25) is 4.98 Å². The number of nitrogens with zero attached hydrogens (tertiary/aromatic N) is 1. The van der Waals surface area contributed by atoms with E-state index in [1.807, 2.05) is 0 Å². The molecule has 1 heterocycles. The van der Waals surface area contributed by atoms with Crippen molar-refractivity contribution in [1.82, 2.24) is 4.98 Å². The van der Waals surface area contributed by atoms with Crippen molar-refractivity contribution in [3.05, 3.63) is 24.0 Å². The van der Waals surface area contributed by atoms with E-state index in [1.54, 1.807) is 27.7 Å². The summed E-state index contributed by atoms with van der Waals surface area (Å²) in [4.78, 5) is 15.3. The van der Waals surface area contributed by atoms with Crippen LogP contribution in [0.2, 0.25) is 0 Å². The number of ether oxygens (including phenoxy) is 1. The first-order valence-electron chi connectivity index (χ1n) is 6.20. The molecule has 20 heavy (non-hydrogen) atoms. The predicted molar refractivity (Wildman–Crippen MR) is 74.6 cm³/mol. The van der Waals surface area contributed by atoms with Gasteiger partial charge in [-0.15, -0.1) is 0 Å². The van der Waals surface area contributed by atoms with Crippen molar-refractivity contribution in [3.8, 4) is 0 Å². The Balaban J connectivity index is 2.93. The van der Waals surface area contributed by atoms with Gasteiger partial charge in [0.25, 0.3) is 0 Å². The first kappa shape index (κ1) is 16.6. The maximum Gasteiger partial charge on any atom is 0.493 e. The number of hydrogen-bond acceptors (Lipinski definition) is 6. The molecule has 0 amide bonds. The molecule has 0 saturated carbocycles. The van der Waals surface area contributed by atoms with Crippen molar-refractivity contribution < 1.29 is 24.3 Å². The smallest absolute Gasteiger partial charge is 0.465 e. The average molecular weight is 281 g/mol. The van der Waals surface area contributed by atoms with Crippen LogP contribution in [0.3, 0.4) is 0 Å². The fourth-order valence-corrected chi connectivity index (χ4v) is 1.31. The van der Waals surface area contributed by atoms with Gasteiger partial charge in [0.1, 0.15) is 0 Å². The van der Waals surface area contributed by atoms with Crippen molar-refractivity contribution in [1.29, 1.82) is 0 Å². The van der Waals surface area contributed by atoms with Crippen LogP contribution in [0, 0.1) is 0 Å². The lowest BCUT2D eigenvalue weighted by Crippen LogP contribution is -2.53. The summed E-state index contributed by atoms with van der Waals surface area (Å²) < 4.78 is 10.1. The summed E-state index contributed by atoms with van der Waals surface area (Å²) in [6.45, 7) is 6.49. The number of esters is 1. The molecule has 0 aliphatic carbocycles. The largest absolute Gasteiger partial charge is 0.493 e. The zero-order chi connectivity index (χ0) is 15.6. The number of rotatable bonds is 5. The second kappa shape index (κ2) is 5.91. The molecule has 0 atom stereocenters. The van der Waals surface area contributed by atoms with Crippen LogP contribution in [-0.4, -0.2) is 46.5 Å². The summed E-state index contributed by atoms with van der Waals surface area (Å²) in [7, 11) is -0.0483. The van der Waals surface area contributed by atoms with Gasteiger partial charge in [-0.25, -0.2) is 4.79 Å². The number of carbonyl (C=O) groups excluding carboxylic acids is 1. The van der Waals surface area contributed by atoms with Crippen LogP contribution in [0.4, 0.5) is 0 Å². The normalized spacial score (nSPS) is 12.2. The Labute approximate surface area is 118 Å². The SMILES string of the molecule is COC(=O)c1cncc(B(O)OC(C)(C)C(C)(C)O)c1. The molecule has 1 rings (SSSR count). The molecular formula is C13H20BNO5. The van der Waals surface area contributed by atoms with E-state index in [0.717, 1.165) is 0 Å². The van der Waals surface area contributed by atoms with E-state index in [0.29, 0.717) is 5.46 Å². The Morgan fingerprint density at radius 3 is 2.40 bits per heavy atom. The van der Waals surface area contributed by atoms with E-state index in [9.17, 15) is 14.9 Å². The van der Waals surface area contributed by atoms with Gasteiger partial charge in [-0.1, -0.05) is 0 Å². The Morgan fingerprint density at radius 2 is 1.90 bits per heavy atom. The van der Waals surface area contributed by atoms with Gasteiger partial charge in [-0.2, -0.15) is 0 Å². The molecule has 110 valence electrons. The fraction of sp³-hybridized carbons (Fsp3) is 0.538. The van der Waals surface area contributed by atoms with E-state index >= 15 is 0 Å². The number of pyridine rings is 1. The van der Waals surface area contributed by atoms with Crippen LogP contribution in [0.25, 0.3) is 0 Å². The van der Waals surface area contributed by atoms with Gasteiger partial charge in [0.2, 0.25) is 0 Å². The fourth-order valence-electron chi connectivity index (χ4n) is 1.31. The highest BCUT2D eigenvalue weighted by atomic mass is 16.5. The third-order valence-corrected chi connectivity index (χ3v) is 3.35. The molecule has 0 aliphatic heterocycles. The second-order valence-corrected chi connectivity index (χ2v) is 5.54. The molecule has 0 unspecified atom stereocenters. The lowest BCUT2D eigenvalue weighted by molar-refractivity contribution is -0.0982. The van der Waals surface area contributed by atoms with Crippen molar-refractivity contribution in [2.45, 2.75) is 38.9 Å². The zero-order valence-corrected chi connectivity index (χ0v) is 12.4. The molecule has 2 N–H and O–H groups in total. The molecule has 0 radical (unpaired) electrons. The second-order valence-electron chi connectivity index (χ2n) is 5.54. The zero-order valence-electron chi connectivity index (χ0n) is 12.4. The molecule has 0 bridgehead atoms. The predicted octanol–water partition coefficient (Wildman–Crippen LogP) is 0.122. The van der Waals surface area contributed by atoms with Gasteiger partial charge < -0.3 is 19.5 Å². The van der Waals surface area contributed by atoms with Crippen LogP contribution in [0.5, 0.6) is 0 Å². The summed E-state index contributed by atoms with van der Waals surface area (Å²) in [5, 5.41) is 20.1. The van der Waals surface area contributed by atoms with Gasteiger partial charge in [-0.05, 0) is 33.8 Å². The monoisotopic (exact) mass is 281 g/mol. The summed E-state index contributed by atoms with van der Waals surface area (Å²) in [6, 6.07) is 1.43. The van der Waals surface area contributed by atoms with Gasteiger partial charge in [0, 0.05) is 17.9 Å². The molecule has 6 nitrogen and oxygen atoms in total. The van der Waals surface area contributed by atoms with Gasteiger partial charge in [0.05, 0.1) is 23.9 Å². The molecule has 0 spiro atoms. The quantitative estimate of drug-likeness (QED) is 0.588. The molecule has 1 aromatic rings.